The summed E-state index contributed by atoms with van der Waals surface area (Å²) in [6, 6.07) is 4.15. The summed E-state index contributed by atoms with van der Waals surface area (Å²) in [7, 11) is 5.16. The molecule has 10 nitrogen and oxygen atoms in total. The van der Waals surface area contributed by atoms with Crippen molar-refractivity contribution >= 4 is 40.4 Å². The van der Waals surface area contributed by atoms with Gasteiger partial charge in [0.25, 0.3) is 0 Å². The summed E-state index contributed by atoms with van der Waals surface area (Å²) >= 11 is 0. The molecular formula is C26H26F7N7O3. The molecule has 1 heterocycles. The minimum Gasteiger partial charge on any atom is -0.407 e. The number of halogens is 7. The van der Waals surface area contributed by atoms with Gasteiger partial charge in [-0.05, 0) is 38.4 Å². The molecule has 3 aromatic rings. The van der Waals surface area contributed by atoms with E-state index in [4.69, 9.17) is 5.11 Å². The van der Waals surface area contributed by atoms with Gasteiger partial charge in [0.1, 0.15) is 23.0 Å². The number of ether oxygens (including phenoxy) is 1. The largest absolute Gasteiger partial charge is 0.532 e. The van der Waals surface area contributed by atoms with Crippen LogP contribution < -0.4 is 25.6 Å². The highest BCUT2D eigenvalue weighted by Crippen LogP contribution is 2.41. The second kappa shape index (κ2) is 13.1. The van der Waals surface area contributed by atoms with E-state index < -0.39 is 64.5 Å². The number of nitrogens with zero attached hydrogens (tertiary/aromatic N) is 4. The van der Waals surface area contributed by atoms with Crippen LogP contribution in [0.5, 0.6) is 5.75 Å². The molecule has 0 saturated carbocycles. The third kappa shape index (κ3) is 9.17. The van der Waals surface area contributed by atoms with Crippen LogP contribution in [0.2, 0.25) is 0 Å². The van der Waals surface area contributed by atoms with Crippen LogP contribution in [0.25, 0.3) is 0 Å². The molecule has 0 atom stereocenters. The van der Waals surface area contributed by atoms with Crippen molar-refractivity contribution in [2.24, 2.45) is 0 Å². The predicted octanol–water partition coefficient (Wildman–Crippen LogP) is 5.30. The molecule has 0 fully saturated rings. The number of likely N-dealkylation sites (N-methyl/N-ethyl adjacent to an activating group) is 2. The standard InChI is InChI=1S/C26H26F7N7O3/c1-5-22(41)35-18-11-19(21(43-26(32,33)42)12-20(18)40(4)9-8-39(2)3)37-24-34-13-15(25(29,30)31)23(38-24)36-17-10-14(27)6-7-16(17)28/h5-7,10-13,42H,1,8-9H2,2-4H3,(H,35,41)(H2,34,36,37,38). The number of nitrogens with one attached hydrogen (secondary N) is 3. The number of hydrogen-bond donors (Lipinski definition) is 4. The van der Waals surface area contributed by atoms with E-state index in [1.54, 1.807) is 26.0 Å². The van der Waals surface area contributed by atoms with Crippen LogP contribution in [0.4, 0.5) is 65.2 Å². The molecule has 43 heavy (non-hydrogen) atoms. The normalized spacial score (nSPS) is 11.7. The number of carbonyl (C=O) groups excluding carboxylic acids is 1. The minimum atomic E-state index is -5.04. The number of aliphatic hydroxyl groups is 1. The van der Waals surface area contributed by atoms with Gasteiger partial charge in [-0.25, -0.2) is 13.8 Å². The van der Waals surface area contributed by atoms with Crippen LogP contribution in [-0.2, 0) is 11.0 Å². The van der Waals surface area contributed by atoms with Gasteiger partial charge in [0, 0.05) is 38.5 Å². The third-order valence-electron chi connectivity index (χ3n) is 5.59. The second-order valence-electron chi connectivity index (χ2n) is 9.20. The second-order valence-corrected chi connectivity index (χ2v) is 9.20. The van der Waals surface area contributed by atoms with Crippen molar-refractivity contribution in [1.82, 2.24) is 14.9 Å². The molecule has 0 aliphatic heterocycles. The maximum atomic E-state index is 14.2. The molecule has 4 N–H and O–H groups in total. The molecule has 0 aliphatic carbocycles. The average molecular weight is 618 g/mol. The summed E-state index contributed by atoms with van der Waals surface area (Å²) in [5.74, 6) is -5.12. The molecule has 0 saturated heterocycles. The third-order valence-corrected chi connectivity index (χ3v) is 5.59. The van der Waals surface area contributed by atoms with Gasteiger partial charge in [0.15, 0.2) is 5.75 Å². The summed E-state index contributed by atoms with van der Waals surface area (Å²) in [6.07, 6.45) is -8.49. The van der Waals surface area contributed by atoms with Gasteiger partial charge >= 0.3 is 12.5 Å². The van der Waals surface area contributed by atoms with Gasteiger partial charge in [-0.1, -0.05) is 6.58 Å². The molecule has 17 heteroatoms. The lowest BCUT2D eigenvalue weighted by molar-refractivity contribution is -0.327. The van der Waals surface area contributed by atoms with Crippen LogP contribution in [0.3, 0.4) is 0 Å². The fourth-order valence-corrected chi connectivity index (χ4v) is 3.54. The Labute approximate surface area is 240 Å². The Morgan fingerprint density at radius 1 is 1.02 bits per heavy atom. The fraction of sp³-hybridized carbons (Fsp3) is 0.269. The predicted molar refractivity (Wildman–Crippen MR) is 145 cm³/mol. The molecule has 0 unspecified atom stereocenters. The molecule has 0 aliphatic rings. The zero-order valence-electron chi connectivity index (χ0n) is 22.9. The summed E-state index contributed by atoms with van der Waals surface area (Å²) in [4.78, 5) is 22.8. The Morgan fingerprint density at radius 2 is 1.72 bits per heavy atom. The highest BCUT2D eigenvalue weighted by Gasteiger charge is 2.36. The van der Waals surface area contributed by atoms with Gasteiger partial charge in [-0.2, -0.15) is 18.2 Å². The molecule has 1 aromatic heterocycles. The van der Waals surface area contributed by atoms with Crippen molar-refractivity contribution in [3.8, 4) is 5.75 Å². The number of aromatic nitrogens is 2. The number of rotatable bonds is 12. The number of carbonyl (C=O) groups is 1. The van der Waals surface area contributed by atoms with Gasteiger partial charge in [0.05, 0.1) is 22.7 Å². The molecule has 3 rings (SSSR count). The molecule has 1 amide bonds. The molecule has 0 radical (unpaired) electrons. The summed E-state index contributed by atoms with van der Waals surface area (Å²) < 4.78 is 101. The van der Waals surface area contributed by atoms with E-state index in [0.29, 0.717) is 31.4 Å². The van der Waals surface area contributed by atoms with Crippen molar-refractivity contribution in [2.75, 3.05) is 55.1 Å². The van der Waals surface area contributed by atoms with Crippen molar-refractivity contribution in [2.45, 2.75) is 12.5 Å². The van der Waals surface area contributed by atoms with Gasteiger partial charge < -0.3 is 35.6 Å². The molecule has 2 aromatic carbocycles. The SMILES string of the molecule is C=CC(=O)Nc1cc(Nc2ncc(C(F)(F)F)c(Nc3cc(F)ccc3F)n2)c(OC(O)(F)F)cc1N(C)CCN(C)C. The lowest BCUT2D eigenvalue weighted by Gasteiger charge is -2.26. The van der Waals surface area contributed by atoms with Crippen molar-refractivity contribution in [3.63, 3.8) is 0 Å². The van der Waals surface area contributed by atoms with Crippen LogP contribution in [0.1, 0.15) is 5.56 Å². The van der Waals surface area contributed by atoms with Gasteiger partial charge in [-0.3, -0.25) is 4.79 Å². The number of amides is 1. The van der Waals surface area contributed by atoms with Gasteiger partial charge in [0.2, 0.25) is 11.9 Å². The Balaban J connectivity index is 2.14. The van der Waals surface area contributed by atoms with Crippen LogP contribution in [0, 0.1) is 11.6 Å². The summed E-state index contributed by atoms with van der Waals surface area (Å²) in [6.45, 7) is 4.19. The van der Waals surface area contributed by atoms with E-state index >= 15 is 0 Å². The van der Waals surface area contributed by atoms with E-state index in [1.165, 1.54) is 0 Å². The fourth-order valence-electron chi connectivity index (χ4n) is 3.54. The first-order chi connectivity index (χ1) is 20.0. The average Bonchev–Trinajstić information content (AvgIpc) is 2.89. The Morgan fingerprint density at radius 3 is 2.33 bits per heavy atom. The van der Waals surface area contributed by atoms with E-state index in [1.807, 2.05) is 4.90 Å². The highest BCUT2D eigenvalue weighted by molar-refractivity contribution is 6.02. The molecular weight excluding hydrogens is 591 g/mol. The Kier molecular flexibility index (Phi) is 10.0. The smallest absolute Gasteiger partial charge is 0.407 e. The zero-order valence-corrected chi connectivity index (χ0v) is 22.9. The van der Waals surface area contributed by atoms with E-state index in [0.717, 1.165) is 24.3 Å². The van der Waals surface area contributed by atoms with E-state index in [9.17, 15) is 35.5 Å². The molecule has 0 bridgehead atoms. The first-order valence-corrected chi connectivity index (χ1v) is 12.2. The molecule has 0 spiro atoms. The lowest BCUT2D eigenvalue weighted by atomic mass is 10.2. The van der Waals surface area contributed by atoms with Crippen molar-refractivity contribution in [1.29, 1.82) is 0 Å². The first-order valence-electron chi connectivity index (χ1n) is 12.2. The Bertz CT molecular complexity index is 1480. The zero-order chi connectivity index (χ0) is 32.1. The van der Waals surface area contributed by atoms with Crippen molar-refractivity contribution in [3.05, 3.63) is 66.4 Å². The summed E-state index contributed by atoms with van der Waals surface area (Å²) in [5, 5.41) is 16.0. The van der Waals surface area contributed by atoms with Gasteiger partial charge in [-0.15, -0.1) is 8.78 Å². The maximum Gasteiger partial charge on any atom is 0.532 e. The monoisotopic (exact) mass is 617 g/mol. The maximum absolute atomic E-state index is 14.2. The van der Waals surface area contributed by atoms with Crippen LogP contribution in [-0.4, -0.2) is 66.4 Å². The molecule has 232 valence electrons. The summed E-state index contributed by atoms with van der Waals surface area (Å²) in [5.41, 5.74) is -2.40. The highest BCUT2D eigenvalue weighted by atomic mass is 19.4. The number of hydrogen-bond acceptors (Lipinski definition) is 9. The minimum absolute atomic E-state index is 0.0226. The number of benzene rings is 2. The topological polar surface area (TPSA) is 115 Å². The van der Waals surface area contributed by atoms with Crippen LogP contribution in [0.15, 0.2) is 49.2 Å². The lowest BCUT2D eigenvalue weighted by Crippen LogP contribution is -2.29. The number of anilines is 6. The van der Waals surface area contributed by atoms with E-state index in [2.05, 4.69) is 37.2 Å². The van der Waals surface area contributed by atoms with Crippen LogP contribution >= 0.6 is 0 Å². The van der Waals surface area contributed by atoms with E-state index in [-0.39, 0.29) is 11.4 Å². The Hall–Kier alpha value is -4.64. The number of alkyl halides is 5. The quantitative estimate of drug-likeness (QED) is 0.122. The van der Waals surface area contributed by atoms with Crippen molar-refractivity contribution < 1.29 is 45.4 Å². The first kappa shape index (κ1) is 32.9.